The van der Waals surface area contributed by atoms with Gasteiger partial charge in [-0.2, -0.15) is 0 Å². The average Bonchev–Trinajstić information content (AvgIpc) is 3.15. The molecule has 6 heteroatoms. The summed E-state index contributed by atoms with van der Waals surface area (Å²) < 4.78 is 5.20. The van der Waals surface area contributed by atoms with Crippen LogP contribution in [0.25, 0.3) is 0 Å². The van der Waals surface area contributed by atoms with Gasteiger partial charge in [-0.05, 0) is 37.0 Å². The monoisotopic (exact) mass is 373 g/mol. The number of aromatic nitrogens is 2. The van der Waals surface area contributed by atoms with Crippen molar-refractivity contribution >= 4 is 17.2 Å². The van der Waals surface area contributed by atoms with Crippen LogP contribution in [0.2, 0.25) is 0 Å². The molecule has 2 heterocycles. The van der Waals surface area contributed by atoms with Crippen molar-refractivity contribution in [1.29, 1.82) is 0 Å². The predicted molar refractivity (Wildman–Crippen MR) is 104 cm³/mol. The summed E-state index contributed by atoms with van der Waals surface area (Å²) in [6, 6.07) is 8.09. The third kappa shape index (κ3) is 4.81. The summed E-state index contributed by atoms with van der Waals surface area (Å²) in [6.07, 6.45) is 5.54. The molecule has 3 rings (SSSR count). The Labute approximate surface area is 159 Å². The minimum absolute atomic E-state index is 0.308. The molecule has 1 aliphatic rings. The van der Waals surface area contributed by atoms with E-state index < -0.39 is 0 Å². The van der Waals surface area contributed by atoms with Crippen molar-refractivity contribution in [2.45, 2.75) is 51.4 Å². The van der Waals surface area contributed by atoms with Gasteiger partial charge in [0.1, 0.15) is 15.8 Å². The van der Waals surface area contributed by atoms with Gasteiger partial charge in [0.25, 0.3) is 0 Å². The van der Waals surface area contributed by atoms with Gasteiger partial charge in [0.2, 0.25) is 5.91 Å². The minimum atomic E-state index is 0.308. The minimum Gasteiger partial charge on any atom is -0.497 e. The number of hydrogen-bond donors (Lipinski definition) is 0. The smallest absolute Gasteiger partial charge is 0.222 e. The summed E-state index contributed by atoms with van der Waals surface area (Å²) in [5, 5.41) is 11.0. The van der Waals surface area contributed by atoms with E-state index in [1.807, 2.05) is 17.0 Å². The van der Waals surface area contributed by atoms with Crippen LogP contribution in [0.1, 0.15) is 60.5 Å². The summed E-state index contributed by atoms with van der Waals surface area (Å²) in [5.74, 6) is 1.61. The van der Waals surface area contributed by atoms with Crippen molar-refractivity contribution in [3.63, 3.8) is 0 Å². The van der Waals surface area contributed by atoms with Crippen LogP contribution in [-0.2, 0) is 11.2 Å². The van der Waals surface area contributed by atoms with E-state index in [4.69, 9.17) is 4.74 Å². The van der Waals surface area contributed by atoms with Gasteiger partial charge in [-0.3, -0.25) is 4.79 Å². The second-order valence-corrected chi connectivity index (χ2v) is 7.91. The molecule has 0 radical (unpaired) electrons. The van der Waals surface area contributed by atoms with Gasteiger partial charge in [-0.25, -0.2) is 0 Å². The Balaban J connectivity index is 1.52. The predicted octanol–water partition coefficient (Wildman–Crippen LogP) is 4.03. The Morgan fingerprint density at radius 1 is 1.23 bits per heavy atom. The van der Waals surface area contributed by atoms with E-state index in [-0.39, 0.29) is 0 Å². The number of methoxy groups -OCH3 is 1. The van der Waals surface area contributed by atoms with Crippen molar-refractivity contribution in [3.8, 4) is 5.75 Å². The molecular weight excluding hydrogens is 346 g/mol. The Kier molecular flexibility index (Phi) is 6.61. The Morgan fingerprint density at radius 2 is 1.96 bits per heavy atom. The fraction of sp³-hybridized carbons (Fsp3) is 0.550. The molecule has 0 N–H and O–H groups in total. The molecule has 140 valence electrons. The van der Waals surface area contributed by atoms with E-state index in [2.05, 4.69) is 29.3 Å². The lowest BCUT2D eigenvalue weighted by Crippen LogP contribution is -2.37. The van der Waals surface area contributed by atoms with Crippen molar-refractivity contribution in [2.24, 2.45) is 0 Å². The molecule has 26 heavy (non-hydrogen) atoms. The lowest BCUT2D eigenvalue weighted by molar-refractivity contribution is -0.132. The Morgan fingerprint density at radius 3 is 2.62 bits per heavy atom. The lowest BCUT2D eigenvalue weighted by atomic mass is 9.97. The highest BCUT2D eigenvalue weighted by Gasteiger charge is 2.25. The number of carbonyl (C=O) groups is 1. The highest BCUT2D eigenvalue weighted by molar-refractivity contribution is 7.11. The number of amides is 1. The number of carbonyl (C=O) groups excluding carboxylic acids is 1. The van der Waals surface area contributed by atoms with Crippen LogP contribution in [0.4, 0.5) is 0 Å². The summed E-state index contributed by atoms with van der Waals surface area (Å²) >= 11 is 1.71. The quantitative estimate of drug-likeness (QED) is 0.735. The van der Waals surface area contributed by atoms with Crippen molar-refractivity contribution in [2.75, 3.05) is 20.2 Å². The number of likely N-dealkylation sites (tertiary alicyclic amines) is 1. The molecule has 0 spiro atoms. The van der Waals surface area contributed by atoms with Gasteiger partial charge >= 0.3 is 0 Å². The van der Waals surface area contributed by atoms with Crippen LogP contribution in [0.3, 0.4) is 0 Å². The molecule has 1 aromatic carbocycles. The fourth-order valence-corrected chi connectivity index (χ4v) is 4.33. The zero-order valence-corrected chi connectivity index (χ0v) is 16.4. The molecule has 1 aliphatic heterocycles. The maximum absolute atomic E-state index is 12.1. The fourth-order valence-electron chi connectivity index (χ4n) is 3.28. The molecule has 5 nitrogen and oxygen atoms in total. The average molecular weight is 374 g/mol. The number of nitrogens with zero attached hydrogens (tertiary/aromatic N) is 3. The Hall–Kier alpha value is -1.95. The van der Waals surface area contributed by atoms with Gasteiger partial charge in [-0.1, -0.05) is 25.5 Å². The van der Waals surface area contributed by atoms with Crippen molar-refractivity contribution in [3.05, 3.63) is 39.8 Å². The summed E-state index contributed by atoms with van der Waals surface area (Å²) in [5.41, 5.74) is 1.21. The molecule has 0 saturated carbocycles. The van der Waals surface area contributed by atoms with E-state index in [0.717, 1.165) is 61.0 Å². The van der Waals surface area contributed by atoms with Gasteiger partial charge in [0, 0.05) is 31.8 Å². The zero-order chi connectivity index (χ0) is 18.4. The van der Waals surface area contributed by atoms with Gasteiger partial charge < -0.3 is 9.64 Å². The molecule has 0 bridgehead atoms. The molecule has 2 aromatic rings. The Bertz CT molecular complexity index is 706. The maximum atomic E-state index is 12.1. The number of unbranched alkanes of at least 4 members (excludes halogenated alkanes) is 1. The number of piperidine rings is 1. The lowest BCUT2D eigenvalue weighted by Gasteiger charge is -2.31. The van der Waals surface area contributed by atoms with Crippen LogP contribution >= 0.6 is 11.3 Å². The largest absolute Gasteiger partial charge is 0.497 e. The molecule has 1 amide bonds. The topological polar surface area (TPSA) is 55.3 Å². The zero-order valence-electron chi connectivity index (χ0n) is 15.6. The third-order valence-electron chi connectivity index (χ3n) is 4.94. The molecule has 1 saturated heterocycles. The molecule has 1 fully saturated rings. The highest BCUT2D eigenvalue weighted by atomic mass is 32.1. The van der Waals surface area contributed by atoms with Crippen molar-refractivity contribution in [1.82, 2.24) is 15.1 Å². The van der Waals surface area contributed by atoms with Gasteiger partial charge in [0.15, 0.2) is 0 Å². The first-order chi connectivity index (χ1) is 12.7. The molecule has 1 aromatic heterocycles. The number of benzene rings is 1. The third-order valence-corrected chi connectivity index (χ3v) is 6.02. The van der Waals surface area contributed by atoms with E-state index >= 15 is 0 Å². The first-order valence-electron chi connectivity index (χ1n) is 9.42. The van der Waals surface area contributed by atoms with E-state index in [1.165, 1.54) is 5.56 Å². The summed E-state index contributed by atoms with van der Waals surface area (Å²) in [4.78, 5) is 14.2. The summed E-state index contributed by atoms with van der Waals surface area (Å²) in [7, 11) is 1.68. The first kappa shape index (κ1) is 18.8. The van der Waals surface area contributed by atoms with Crippen LogP contribution in [0.5, 0.6) is 5.75 Å². The normalized spacial score (nSPS) is 15.2. The number of ether oxygens (including phenoxy) is 1. The summed E-state index contributed by atoms with van der Waals surface area (Å²) in [6.45, 7) is 3.82. The molecular formula is C20H27N3O2S. The van der Waals surface area contributed by atoms with E-state index in [1.54, 1.807) is 18.4 Å². The van der Waals surface area contributed by atoms with Gasteiger partial charge in [-0.15, -0.1) is 21.5 Å². The number of rotatable bonds is 7. The molecule has 0 aliphatic carbocycles. The van der Waals surface area contributed by atoms with E-state index in [9.17, 15) is 4.79 Å². The second kappa shape index (κ2) is 9.12. The van der Waals surface area contributed by atoms with Crippen LogP contribution < -0.4 is 4.74 Å². The first-order valence-corrected chi connectivity index (χ1v) is 10.2. The van der Waals surface area contributed by atoms with Crippen LogP contribution in [-0.4, -0.2) is 41.2 Å². The van der Waals surface area contributed by atoms with Crippen LogP contribution in [0.15, 0.2) is 24.3 Å². The maximum Gasteiger partial charge on any atom is 0.222 e. The molecule has 0 atom stereocenters. The highest BCUT2D eigenvalue weighted by Crippen LogP contribution is 2.31. The van der Waals surface area contributed by atoms with Crippen LogP contribution in [0, 0.1) is 0 Å². The van der Waals surface area contributed by atoms with Crippen molar-refractivity contribution < 1.29 is 9.53 Å². The molecule has 0 unspecified atom stereocenters. The van der Waals surface area contributed by atoms with E-state index in [0.29, 0.717) is 18.2 Å². The number of hydrogen-bond acceptors (Lipinski definition) is 5. The van der Waals surface area contributed by atoms with Gasteiger partial charge in [0.05, 0.1) is 7.11 Å². The standard InChI is InChI=1S/C20H27N3O2S/c1-3-4-5-19(24)23-12-10-16(11-13-23)20-22-21-18(26-20)14-15-6-8-17(25-2)9-7-15/h6-9,16H,3-5,10-14H2,1-2H3. The SMILES string of the molecule is CCCCC(=O)N1CCC(c2nnc(Cc3ccc(OC)cc3)s2)CC1. The second-order valence-electron chi connectivity index (χ2n) is 6.82.